The van der Waals surface area contributed by atoms with Crippen molar-refractivity contribution in [3.63, 3.8) is 0 Å². The van der Waals surface area contributed by atoms with E-state index >= 15 is 0 Å². The van der Waals surface area contributed by atoms with Crippen LogP contribution in [0.2, 0.25) is 0 Å². The number of nitrogens with one attached hydrogen (secondary N) is 1. The van der Waals surface area contributed by atoms with E-state index in [1.54, 1.807) is 19.2 Å². The molecule has 31 heavy (non-hydrogen) atoms. The largest absolute Gasteiger partial charge is 0.744 e. The molecule has 0 radical (unpaired) electrons. The van der Waals surface area contributed by atoms with Gasteiger partial charge in [0.2, 0.25) is 0 Å². The molecule has 0 aliphatic heterocycles. The van der Waals surface area contributed by atoms with E-state index in [2.05, 4.69) is 17.8 Å². The van der Waals surface area contributed by atoms with Crippen molar-refractivity contribution in [3.8, 4) is 5.75 Å². The first-order valence-corrected chi connectivity index (χ1v) is 12.7. The van der Waals surface area contributed by atoms with Crippen molar-refractivity contribution in [1.82, 2.24) is 0 Å². The molecular weight excluding hydrogens is 434 g/mol. The van der Waals surface area contributed by atoms with Gasteiger partial charge < -0.3 is 14.6 Å². The first-order chi connectivity index (χ1) is 14.6. The number of amides is 1. The Bertz CT molecular complexity index is 1130. The lowest BCUT2D eigenvalue weighted by atomic mass is 10.2. The molecule has 0 heterocycles. The molecule has 3 aromatic carbocycles. The molecule has 0 aliphatic rings. The highest BCUT2D eigenvalue weighted by atomic mass is 32.2. The van der Waals surface area contributed by atoms with Crippen LogP contribution in [-0.4, -0.2) is 38.5 Å². The fraction of sp³-hybridized carbons (Fsp3) is 0.174. The molecule has 1 amide bonds. The normalized spacial score (nSPS) is 10.8. The van der Waals surface area contributed by atoms with Crippen molar-refractivity contribution < 1.29 is 22.5 Å². The van der Waals surface area contributed by atoms with E-state index in [0.717, 1.165) is 10.5 Å². The van der Waals surface area contributed by atoms with Gasteiger partial charge in [0.25, 0.3) is 5.91 Å². The van der Waals surface area contributed by atoms with Crippen molar-refractivity contribution >= 4 is 32.6 Å². The number of hydrogen-bond acceptors (Lipinski definition) is 5. The lowest BCUT2D eigenvalue weighted by Gasteiger charge is -2.10. The standard InChI is InChI=1S/C16H17NO2S.C7H8O3S/c1-19-14-10-6-5-9-13(14)17-16(18)12-8-4-7-11-15(12)20(2)3;1-6-2-4-7(5-3-6)11(8,9)10/h4-11H,1-3H3;2-5H,1H3,(H,8,9,10). The third kappa shape index (κ3) is 7.13. The van der Waals surface area contributed by atoms with Crippen molar-refractivity contribution in [3.05, 3.63) is 83.9 Å². The minimum atomic E-state index is -4.27. The van der Waals surface area contributed by atoms with E-state index in [1.165, 1.54) is 12.1 Å². The van der Waals surface area contributed by atoms with Gasteiger partial charge in [-0.05, 0) is 43.3 Å². The Balaban J connectivity index is 0.000000262. The Morgan fingerprint density at radius 2 is 1.52 bits per heavy atom. The highest BCUT2D eigenvalue weighted by molar-refractivity contribution is 7.95. The van der Waals surface area contributed by atoms with Crippen LogP contribution < -0.4 is 10.1 Å². The highest BCUT2D eigenvalue weighted by Gasteiger charge is 2.20. The molecule has 0 atom stereocenters. The zero-order valence-corrected chi connectivity index (χ0v) is 19.4. The smallest absolute Gasteiger partial charge is 0.260 e. The fourth-order valence-corrected chi connectivity index (χ4v) is 4.07. The maximum absolute atomic E-state index is 12.4. The van der Waals surface area contributed by atoms with Crippen LogP contribution in [-0.2, 0) is 21.0 Å². The fourth-order valence-electron chi connectivity index (χ4n) is 2.65. The van der Waals surface area contributed by atoms with Gasteiger partial charge >= 0.3 is 0 Å². The predicted octanol–water partition coefficient (Wildman–Crippen LogP) is 4.08. The quantitative estimate of drug-likeness (QED) is 0.458. The van der Waals surface area contributed by atoms with Crippen LogP contribution in [0.1, 0.15) is 15.9 Å². The Labute approximate surface area is 186 Å². The molecule has 3 aromatic rings. The summed E-state index contributed by atoms with van der Waals surface area (Å²) in [6.07, 6.45) is 4.21. The van der Waals surface area contributed by atoms with E-state index in [4.69, 9.17) is 4.74 Å². The summed E-state index contributed by atoms with van der Waals surface area (Å²) in [6, 6.07) is 20.9. The van der Waals surface area contributed by atoms with E-state index in [0.29, 0.717) is 17.0 Å². The first-order valence-electron chi connectivity index (χ1n) is 9.27. The van der Waals surface area contributed by atoms with Crippen molar-refractivity contribution in [1.29, 1.82) is 0 Å². The van der Waals surface area contributed by atoms with Gasteiger partial charge in [0.15, 0.2) is 4.90 Å². The maximum Gasteiger partial charge on any atom is 0.260 e. The first kappa shape index (κ1) is 24.5. The summed E-state index contributed by atoms with van der Waals surface area (Å²) in [5.41, 5.74) is 2.33. The van der Waals surface area contributed by atoms with E-state index < -0.39 is 10.1 Å². The summed E-state index contributed by atoms with van der Waals surface area (Å²) in [4.78, 5) is 13.3. The summed E-state index contributed by atoms with van der Waals surface area (Å²) >= 11 is 0. The molecule has 0 aromatic heterocycles. The molecule has 0 aliphatic carbocycles. The zero-order chi connectivity index (χ0) is 23.0. The minimum absolute atomic E-state index is 0.0317. The van der Waals surface area contributed by atoms with Gasteiger partial charge in [0.1, 0.15) is 28.4 Å². The molecule has 6 nitrogen and oxygen atoms in total. The van der Waals surface area contributed by atoms with Crippen molar-refractivity contribution in [2.75, 3.05) is 24.9 Å². The van der Waals surface area contributed by atoms with Gasteiger partial charge in [-0.2, -0.15) is 0 Å². The average molecular weight is 460 g/mol. The van der Waals surface area contributed by atoms with Crippen molar-refractivity contribution in [2.24, 2.45) is 0 Å². The van der Waals surface area contributed by atoms with Crippen molar-refractivity contribution in [2.45, 2.75) is 16.7 Å². The molecule has 0 saturated carbocycles. The molecule has 0 fully saturated rings. The Kier molecular flexibility index (Phi) is 8.67. The lowest BCUT2D eigenvalue weighted by molar-refractivity contribution is 0.102. The topological polar surface area (TPSA) is 95.5 Å². The van der Waals surface area contributed by atoms with Gasteiger partial charge in [-0.3, -0.25) is 4.79 Å². The van der Waals surface area contributed by atoms with Gasteiger partial charge in [0.05, 0.1) is 23.3 Å². The summed E-state index contributed by atoms with van der Waals surface area (Å²) in [5, 5.41) is 2.91. The third-order valence-electron chi connectivity index (χ3n) is 4.24. The van der Waals surface area contributed by atoms with E-state index in [1.807, 2.05) is 55.5 Å². The minimum Gasteiger partial charge on any atom is -0.744 e. The summed E-state index contributed by atoms with van der Waals surface area (Å²) in [6.45, 7) is 1.82. The summed E-state index contributed by atoms with van der Waals surface area (Å²) < 4.78 is 36.4. The van der Waals surface area contributed by atoms with Crippen LogP contribution >= 0.6 is 0 Å². The maximum atomic E-state index is 12.4. The number of methoxy groups -OCH3 is 1. The second kappa shape index (κ2) is 11.0. The van der Waals surface area contributed by atoms with Crippen LogP contribution in [0.4, 0.5) is 5.69 Å². The molecule has 3 rings (SSSR count). The molecule has 8 heteroatoms. The summed E-state index contributed by atoms with van der Waals surface area (Å²) in [5.74, 6) is 0.552. The number of carbonyl (C=O) groups excluding carboxylic acids is 1. The molecule has 0 unspecified atom stereocenters. The van der Waals surface area contributed by atoms with Crippen LogP contribution in [0, 0.1) is 6.92 Å². The molecular formula is C23H25NO5S2. The van der Waals surface area contributed by atoms with E-state index in [9.17, 15) is 17.8 Å². The van der Waals surface area contributed by atoms with Crippen LogP contribution in [0.25, 0.3) is 0 Å². The number of ether oxygens (including phenoxy) is 1. The lowest BCUT2D eigenvalue weighted by Crippen LogP contribution is -2.16. The Hall–Kier alpha value is -2.81. The number of benzene rings is 3. The highest BCUT2D eigenvalue weighted by Crippen LogP contribution is 2.25. The van der Waals surface area contributed by atoms with Gasteiger partial charge in [-0.1, -0.05) is 42.0 Å². The number of para-hydroxylation sites is 2. The SMILES string of the molecule is COc1ccccc1NC(=O)c1ccccc1[S+](C)C.Cc1ccc(S(=O)(=O)[O-])cc1. The second-order valence-corrected chi connectivity index (χ2v) is 10.2. The van der Waals surface area contributed by atoms with Crippen LogP contribution in [0.3, 0.4) is 0 Å². The van der Waals surface area contributed by atoms with E-state index in [-0.39, 0.29) is 21.7 Å². The predicted molar refractivity (Wildman–Crippen MR) is 124 cm³/mol. The third-order valence-corrected chi connectivity index (χ3v) is 6.32. The number of rotatable bonds is 5. The number of anilines is 1. The number of aryl methyl sites for hydroxylation is 1. The zero-order valence-electron chi connectivity index (χ0n) is 17.8. The van der Waals surface area contributed by atoms with Gasteiger partial charge in [-0.25, -0.2) is 8.42 Å². The summed E-state index contributed by atoms with van der Waals surface area (Å²) in [7, 11) is -2.65. The molecule has 0 saturated heterocycles. The number of hydrogen-bond donors (Lipinski definition) is 1. The Morgan fingerprint density at radius 3 is 2.10 bits per heavy atom. The second-order valence-electron chi connectivity index (χ2n) is 6.73. The van der Waals surface area contributed by atoms with Gasteiger partial charge in [0, 0.05) is 10.9 Å². The molecule has 0 bridgehead atoms. The molecule has 0 spiro atoms. The molecule has 1 N–H and O–H groups in total. The van der Waals surface area contributed by atoms with Gasteiger partial charge in [-0.15, -0.1) is 0 Å². The monoisotopic (exact) mass is 459 g/mol. The Morgan fingerprint density at radius 1 is 0.935 bits per heavy atom. The average Bonchev–Trinajstić information content (AvgIpc) is 2.74. The van der Waals surface area contributed by atoms with Crippen LogP contribution in [0.5, 0.6) is 5.75 Å². The van der Waals surface area contributed by atoms with Crippen LogP contribution in [0.15, 0.2) is 82.6 Å². The number of carbonyl (C=O) groups is 1. The molecule has 164 valence electrons.